The van der Waals surface area contributed by atoms with Crippen LogP contribution in [-0.2, 0) is 9.59 Å². The van der Waals surface area contributed by atoms with E-state index in [2.05, 4.69) is 0 Å². The number of thiocarbonyl (C=S) groups is 1. The molecule has 1 aliphatic heterocycles. The van der Waals surface area contributed by atoms with Crippen LogP contribution in [0.1, 0.15) is 18.4 Å². The lowest BCUT2D eigenvalue weighted by atomic mass is 10.2. The highest BCUT2D eigenvalue weighted by atomic mass is 32.2. The predicted molar refractivity (Wildman–Crippen MR) is 135 cm³/mol. The number of carbonyl (C=O) groups is 2. The van der Waals surface area contributed by atoms with Crippen molar-refractivity contribution in [2.24, 2.45) is 0 Å². The Labute approximate surface area is 203 Å². The van der Waals surface area contributed by atoms with Crippen LogP contribution in [0.15, 0.2) is 53.4 Å². The number of aliphatic hydroxyl groups excluding tert-OH is 1. The van der Waals surface area contributed by atoms with Gasteiger partial charge in [-0.15, -0.1) is 0 Å². The molecule has 1 heterocycles. The zero-order valence-electron chi connectivity index (χ0n) is 18.5. The number of thioether (sulfide) groups is 1. The molecule has 2 aromatic rings. The van der Waals surface area contributed by atoms with Gasteiger partial charge in [-0.1, -0.05) is 48.2 Å². The van der Waals surface area contributed by atoms with E-state index in [1.807, 2.05) is 36.4 Å². The molecule has 0 aliphatic carbocycles. The van der Waals surface area contributed by atoms with Crippen molar-refractivity contribution in [3.05, 3.63) is 59.0 Å². The first-order chi connectivity index (χ1) is 16.0. The maximum atomic E-state index is 12.9. The second-order valence-corrected chi connectivity index (χ2v) is 8.83. The molecular weight excluding hydrogens is 460 g/mol. The van der Waals surface area contributed by atoms with Crippen molar-refractivity contribution in [3.8, 4) is 11.5 Å². The molecule has 1 fully saturated rings. The summed E-state index contributed by atoms with van der Waals surface area (Å²) in [5, 5.41) is 9.34. The van der Waals surface area contributed by atoms with Crippen molar-refractivity contribution in [2.45, 2.75) is 12.8 Å². The van der Waals surface area contributed by atoms with E-state index in [1.54, 1.807) is 37.3 Å². The van der Waals surface area contributed by atoms with E-state index in [9.17, 15) is 14.7 Å². The maximum absolute atomic E-state index is 12.9. The number of methoxy groups -OCH3 is 2. The largest absolute Gasteiger partial charge is 0.493 e. The van der Waals surface area contributed by atoms with Crippen LogP contribution >= 0.6 is 24.0 Å². The topological polar surface area (TPSA) is 79.3 Å². The van der Waals surface area contributed by atoms with Crippen LogP contribution in [0.4, 0.5) is 5.69 Å². The molecule has 0 radical (unpaired) electrons. The first-order valence-electron chi connectivity index (χ1n) is 10.4. The molecule has 9 heteroatoms. The lowest BCUT2D eigenvalue weighted by Crippen LogP contribution is -2.35. The van der Waals surface area contributed by atoms with Gasteiger partial charge in [-0.3, -0.25) is 14.5 Å². The first kappa shape index (κ1) is 24.8. The fourth-order valence-corrected chi connectivity index (χ4v) is 4.72. The molecule has 1 N–H and O–H groups in total. The van der Waals surface area contributed by atoms with Gasteiger partial charge in [-0.2, -0.15) is 0 Å². The van der Waals surface area contributed by atoms with E-state index in [1.165, 1.54) is 16.7 Å². The Balaban J connectivity index is 1.62. The summed E-state index contributed by atoms with van der Waals surface area (Å²) >= 11 is 6.64. The van der Waals surface area contributed by atoms with Gasteiger partial charge >= 0.3 is 0 Å². The standard InChI is InChI=1S/C24H26N2O5S2/c1-30-19-11-10-17(15-20(19)31-2)16-21-23(29)26(24(32)33-21)12-6-9-22(28)25(13-14-27)18-7-4-3-5-8-18/h3-5,7-8,10-11,15-16,27H,6,9,12-14H2,1-2H3/b21-16-. The molecule has 7 nitrogen and oxygen atoms in total. The number of rotatable bonds is 10. The third kappa shape index (κ3) is 6.13. The maximum Gasteiger partial charge on any atom is 0.266 e. The number of benzene rings is 2. The smallest absolute Gasteiger partial charge is 0.266 e. The average molecular weight is 487 g/mol. The molecule has 0 unspecified atom stereocenters. The van der Waals surface area contributed by atoms with Gasteiger partial charge < -0.3 is 19.5 Å². The zero-order chi connectivity index (χ0) is 23.8. The summed E-state index contributed by atoms with van der Waals surface area (Å²) in [4.78, 5) is 29.2. The van der Waals surface area contributed by atoms with Gasteiger partial charge in [0.2, 0.25) is 5.91 Å². The summed E-state index contributed by atoms with van der Waals surface area (Å²) in [5.74, 6) is 0.896. The molecule has 2 aromatic carbocycles. The summed E-state index contributed by atoms with van der Waals surface area (Å²) in [6.45, 7) is 0.440. The molecule has 1 saturated heterocycles. The van der Waals surface area contributed by atoms with E-state index in [-0.39, 0.29) is 31.4 Å². The van der Waals surface area contributed by atoms with Crippen LogP contribution in [0.2, 0.25) is 0 Å². The second kappa shape index (κ2) is 11.8. The zero-order valence-corrected chi connectivity index (χ0v) is 20.2. The summed E-state index contributed by atoms with van der Waals surface area (Å²) < 4.78 is 11.0. The van der Waals surface area contributed by atoms with Gasteiger partial charge in [0.25, 0.3) is 5.91 Å². The number of para-hydroxylation sites is 1. The average Bonchev–Trinajstić information content (AvgIpc) is 3.10. The second-order valence-electron chi connectivity index (χ2n) is 7.16. The normalized spacial score (nSPS) is 14.6. The van der Waals surface area contributed by atoms with E-state index < -0.39 is 0 Å². The molecule has 0 spiro atoms. The Morgan fingerprint density at radius 1 is 1.15 bits per heavy atom. The van der Waals surface area contributed by atoms with E-state index in [0.29, 0.717) is 33.7 Å². The van der Waals surface area contributed by atoms with Gasteiger partial charge in [0.1, 0.15) is 4.32 Å². The number of anilines is 1. The van der Waals surface area contributed by atoms with Crippen molar-refractivity contribution in [3.63, 3.8) is 0 Å². The highest BCUT2D eigenvalue weighted by molar-refractivity contribution is 8.26. The number of carbonyl (C=O) groups excluding carboxylic acids is 2. The number of nitrogens with zero attached hydrogens (tertiary/aromatic N) is 2. The van der Waals surface area contributed by atoms with Crippen LogP contribution in [0, 0.1) is 0 Å². The van der Waals surface area contributed by atoms with Crippen molar-refractivity contribution in [1.82, 2.24) is 4.90 Å². The number of ether oxygens (including phenoxy) is 2. The third-order valence-electron chi connectivity index (χ3n) is 5.04. The van der Waals surface area contributed by atoms with Crippen LogP contribution in [0.5, 0.6) is 11.5 Å². The highest BCUT2D eigenvalue weighted by Gasteiger charge is 2.32. The Hall–Kier alpha value is -2.88. The van der Waals surface area contributed by atoms with Crippen LogP contribution in [0.25, 0.3) is 6.08 Å². The Bertz CT molecular complexity index is 1040. The summed E-state index contributed by atoms with van der Waals surface area (Å²) in [6.07, 6.45) is 2.47. The van der Waals surface area contributed by atoms with Gasteiger partial charge in [0.05, 0.1) is 25.7 Å². The lowest BCUT2D eigenvalue weighted by Gasteiger charge is -2.22. The molecule has 0 aromatic heterocycles. The quantitative estimate of drug-likeness (QED) is 0.405. The van der Waals surface area contributed by atoms with Crippen molar-refractivity contribution >= 4 is 51.9 Å². The Morgan fingerprint density at radius 2 is 1.88 bits per heavy atom. The molecule has 0 saturated carbocycles. The SMILES string of the molecule is COc1ccc(/C=C2\SC(=S)N(CCCC(=O)N(CCO)c3ccccc3)C2=O)cc1OC. The fourth-order valence-electron chi connectivity index (χ4n) is 3.42. The third-order valence-corrected chi connectivity index (χ3v) is 6.42. The highest BCUT2D eigenvalue weighted by Crippen LogP contribution is 2.34. The summed E-state index contributed by atoms with van der Waals surface area (Å²) in [6, 6.07) is 14.6. The molecule has 3 rings (SSSR count). The number of amides is 2. The van der Waals surface area contributed by atoms with Crippen LogP contribution < -0.4 is 14.4 Å². The number of hydrogen-bond donors (Lipinski definition) is 1. The van der Waals surface area contributed by atoms with Crippen LogP contribution in [0.3, 0.4) is 0 Å². The monoisotopic (exact) mass is 486 g/mol. The van der Waals surface area contributed by atoms with Gasteiger partial charge in [-0.25, -0.2) is 0 Å². The Morgan fingerprint density at radius 3 is 2.55 bits per heavy atom. The molecule has 33 heavy (non-hydrogen) atoms. The van der Waals surface area contributed by atoms with Gasteiger partial charge in [0, 0.05) is 25.2 Å². The fraction of sp³-hybridized carbons (Fsp3) is 0.292. The Kier molecular flexibility index (Phi) is 8.87. The predicted octanol–water partition coefficient (Wildman–Crippen LogP) is 3.71. The van der Waals surface area contributed by atoms with E-state index >= 15 is 0 Å². The van der Waals surface area contributed by atoms with E-state index in [4.69, 9.17) is 21.7 Å². The number of aliphatic hydroxyl groups is 1. The lowest BCUT2D eigenvalue weighted by molar-refractivity contribution is -0.123. The molecular formula is C24H26N2O5S2. The minimum Gasteiger partial charge on any atom is -0.493 e. The minimum absolute atomic E-state index is 0.110. The first-order valence-corrected chi connectivity index (χ1v) is 11.6. The van der Waals surface area contributed by atoms with Crippen molar-refractivity contribution in [2.75, 3.05) is 38.8 Å². The van der Waals surface area contributed by atoms with Crippen molar-refractivity contribution < 1.29 is 24.2 Å². The minimum atomic E-state index is -0.178. The van der Waals surface area contributed by atoms with Crippen LogP contribution in [-0.4, -0.2) is 60.1 Å². The molecule has 1 aliphatic rings. The summed E-state index contributed by atoms with van der Waals surface area (Å²) in [7, 11) is 3.12. The van der Waals surface area contributed by atoms with Gasteiger partial charge in [-0.05, 0) is 42.3 Å². The summed E-state index contributed by atoms with van der Waals surface area (Å²) in [5.41, 5.74) is 1.53. The molecule has 2 amide bonds. The molecule has 174 valence electrons. The number of hydrogen-bond acceptors (Lipinski definition) is 7. The van der Waals surface area contributed by atoms with E-state index in [0.717, 1.165) is 11.3 Å². The van der Waals surface area contributed by atoms with Crippen molar-refractivity contribution in [1.29, 1.82) is 0 Å². The van der Waals surface area contributed by atoms with Gasteiger partial charge in [0.15, 0.2) is 11.5 Å². The molecule has 0 atom stereocenters. The molecule has 0 bridgehead atoms.